The summed E-state index contributed by atoms with van der Waals surface area (Å²) >= 11 is 1.23. The van der Waals surface area contributed by atoms with Crippen LogP contribution in [0.4, 0.5) is 13.2 Å². The zero-order valence-corrected chi connectivity index (χ0v) is 15.0. The topological polar surface area (TPSA) is 64.3 Å². The molecule has 0 spiro atoms. The van der Waals surface area contributed by atoms with Crippen LogP contribution in [0.15, 0.2) is 23.8 Å². The van der Waals surface area contributed by atoms with Gasteiger partial charge in [-0.15, -0.1) is 11.3 Å². The van der Waals surface area contributed by atoms with E-state index in [1.807, 2.05) is 0 Å². The number of likely N-dealkylation sites (tertiary alicyclic amines) is 1. The number of hydrogen-bond acceptors (Lipinski definition) is 6. The number of nitrogens with two attached hydrogens (primary N) is 1. The molecule has 0 saturated carbocycles. The number of pyridine rings is 1. The number of thiazole rings is 1. The molecule has 0 bridgehead atoms. The number of alkyl halides is 2. The SMILES string of the molecule is NCC(c1scnc1C(F)F)N1CCC(COc2cc(F)ccn2)CC1. The van der Waals surface area contributed by atoms with Crippen LogP contribution in [0.25, 0.3) is 0 Å². The van der Waals surface area contributed by atoms with Crippen LogP contribution in [-0.4, -0.2) is 41.1 Å². The molecule has 0 aliphatic carbocycles. The van der Waals surface area contributed by atoms with Crippen molar-refractivity contribution >= 4 is 11.3 Å². The van der Waals surface area contributed by atoms with Crippen LogP contribution in [0.2, 0.25) is 0 Å². The summed E-state index contributed by atoms with van der Waals surface area (Å²) < 4.78 is 44.9. The molecule has 1 atom stereocenters. The molecule has 2 aromatic heterocycles. The Bertz CT molecular complexity index is 707. The summed E-state index contributed by atoms with van der Waals surface area (Å²) in [6.07, 6.45) is 0.493. The molecule has 1 saturated heterocycles. The Morgan fingerprint density at radius 2 is 2.08 bits per heavy atom. The maximum atomic E-state index is 13.1. The second kappa shape index (κ2) is 8.79. The van der Waals surface area contributed by atoms with Gasteiger partial charge < -0.3 is 10.5 Å². The Labute approximate surface area is 154 Å². The van der Waals surface area contributed by atoms with Gasteiger partial charge in [0.25, 0.3) is 6.43 Å². The van der Waals surface area contributed by atoms with Crippen LogP contribution in [0.5, 0.6) is 5.88 Å². The average molecular weight is 386 g/mol. The van der Waals surface area contributed by atoms with Gasteiger partial charge >= 0.3 is 0 Å². The van der Waals surface area contributed by atoms with Gasteiger partial charge in [-0.05, 0) is 37.9 Å². The van der Waals surface area contributed by atoms with E-state index in [0.29, 0.717) is 17.4 Å². The number of halogens is 3. The lowest BCUT2D eigenvalue weighted by atomic mass is 9.96. The maximum Gasteiger partial charge on any atom is 0.281 e. The Morgan fingerprint density at radius 1 is 1.31 bits per heavy atom. The van der Waals surface area contributed by atoms with Gasteiger partial charge in [0, 0.05) is 18.8 Å². The minimum atomic E-state index is -2.59. The fraction of sp³-hybridized carbons (Fsp3) is 0.529. The van der Waals surface area contributed by atoms with E-state index < -0.39 is 6.43 Å². The highest BCUT2D eigenvalue weighted by atomic mass is 32.1. The second-order valence-electron chi connectivity index (χ2n) is 6.26. The molecule has 0 radical (unpaired) electrons. The molecule has 1 unspecified atom stereocenters. The van der Waals surface area contributed by atoms with Crippen LogP contribution >= 0.6 is 11.3 Å². The van der Waals surface area contributed by atoms with Crippen molar-refractivity contribution in [2.24, 2.45) is 11.7 Å². The van der Waals surface area contributed by atoms with Crippen LogP contribution < -0.4 is 10.5 Å². The van der Waals surface area contributed by atoms with Gasteiger partial charge in [-0.25, -0.2) is 23.1 Å². The first-order valence-electron chi connectivity index (χ1n) is 8.48. The summed E-state index contributed by atoms with van der Waals surface area (Å²) in [7, 11) is 0. The van der Waals surface area contributed by atoms with Crippen molar-refractivity contribution in [1.29, 1.82) is 0 Å². The molecule has 1 fully saturated rings. The standard InChI is InChI=1S/C17H21F3N4OS/c18-12-1-4-22-14(7-12)25-9-11-2-5-24(6-3-11)13(8-21)16-15(17(19)20)23-10-26-16/h1,4,7,10-11,13,17H,2-3,5-6,8-9,21H2. The first-order valence-corrected chi connectivity index (χ1v) is 9.36. The summed E-state index contributed by atoms with van der Waals surface area (Å²) in [4.78, 5) is 10.5. The molecule has 1 aliphatic rings. The van der Waals surface area contributed by atoms with Gasteiger partial charge in [0.1, 0.15) is 11.5 Å². The third-order valence-corrected chi connectivity index (χ3v) is 5.56. The van der Waals surface area contributed by atoms with Crippen molar-refractivity contribution in [3.63, 3.8) is 0 Å². The average Bonchev–Trinajstić information content (AvgIpc) is 3.11. The smallest absolute Gasteiger partial charge is 0.281 e. The zero-order chi connectivity index (χ0) is 18.5. The molecular weight excluding hydrogens is 365 g/mol. The van der Waals surface area contributed by atoms with Crippen molar-refractivity contribution in [2.45, 2.75) is 25.3 Å². The maximum absolute atomic E-state index is 13.1. The minimum Gasteiger partial charge on any atom is -0.477 e. The van der Waals surface area contributed by atoms with E-state index in [1.54, 1.807) is 0 Å². The molecule has 1 aliphatic heterocycles. The van der Waals surface area contributed by atoms with E-state index in [2.05, 4.69) is 14.9 Å². The number of aromatic nitrogens is 2. The molecule has 5 nitrogen and oxygen atoms in total. The second-order valence-corrected chi connectivity index (χ2v) is 7.14. The first kappa shape index (κ1) is 19.1. The van der Waals surface area contributed by atoms with E-state index >= 15 is 0 Å². The molecule has 9 heteroatoms. The van der Waals surface area contributed by atoms with Gasteiger partial charge in [-0.2, -0.15) is 0 Å². The Balaban J connectivity index is 1.54. The summed E-state index contributed by atoms with van der Waals surface area (Å²) in [5.41, 5.74) is 7.16. The van der Waals surface area contributed by atoms with Crippen LogP contribution in [0, 0.1) is 11.7 Å². The van der Waals surface area contributed by atoms with Crippen molar-refractivity contribution in [3.05, 3.63) is 40.2 Å². The fourth-order valence-electron chi connectivity index (χ4n) is 3.20. The van der Waals surface area contributed by atoms with E-state index in [4.69, 9.17) is 10.5 Å². The predicted molar refractivity (Wildman–Crippen MR) is 92.9 cm³/mol. The quantitative estimate of drug-likeness (QED) is 0.790. The van der Waals surface area contributed by atoms with Crippen molar-refractivity contribution in [1.82, 2.24) is 14.9 Å². The lowest BCUT2D eigenvalue weighted by molar-refractivity contribution is 0.104. The number of piperidine rings is 1. The monoisotopic (exact) mass is 386 g/mol. The van der Waals surface area contributed by atoms with E-state index in [0.717, 1.165) is 25.9 Å². The molecule has 2 aromatic rings. The van der Waals surface area contributed by atoms with E-state index in [1.165, 1.54) is 35.2 Å². The highest BCUT2D eigenvalue weighted by molar-refractivity contribution is 7.09. The van der Waals surface area contributed by atoms with Gasteiger partial charge in [0.2, 0.25) is 5.88 Å². The number of nitrogens with zero attached hydrogens (tertiary/aromatic N) is 3. The van der Waals surface area contributed by atoms with Crippen LogP contribution in [0.3, 0.4) is 0 Å². The van der Waals surface area contributed by atoms with Crippen molar-refractivity contribution in [2.75, 3.05) is 26.2 Å². The summed E-state index contributed by atoms with van der Waals surface area (Å²) in [6.45, 7) is 2.22. The predicted octanol–water partition coefficient (Wildman–Crippen LogP) is 3.41. The number of rotatable bonds is 7. The lowest BCUT2D eigenvalue weighted by Gasteiger charge is -2.36. The summed E-state index contributed by atoms with van der Waals surface area (Å²) in [5, 5.41) is 0. The Hall–Kier alpha value is -1.71. The van der Waals surface area contributed by atoms with Gasteiger partial charge in [0.15, 0.2) is 0 Å². The normalized spacial score (nSPS) is 17.6. The number of hydrogen-bond donors (Lipinski definition) is 1. The molecule has 26 heavy (non-hydrogen) atoms. The van der Waals surface area contributed by atoms with Gasteiger partial charge in [-0.1, -0.05) is 0 Å². The summed E-state index contributed by atoms with van der Waals surface area (Å²) in [6, 6.07) is 2.29. The van der Waals surface area contributed by atoms with Crippen molar-refractivity contribution in [3.8, 4) is 5.88 Å². The fourth-order valence-corrected chi connectivity index (χ4v) is 4.14. The third-order valence-electron chi connectivity index (χ3n) is 4.61. The molecule has 142 valence electrons. The van der Waals surface area contributed by atoms with Crippen LogP contribution in [0.1, 0.15) is 35.9 Å². The highest BCUT2D eigenvalue weighted by Gasteiger charge is 2.30. The summed E-state index contributed by atoms with van der Waals surface area (Å²) in [5.74, 6) is 0.208. The first-order chi connectivity index (χ1) is 12.6. The van der Waals surface area contributed by atoms with E-state index in [-0.39, 0.29) is 30.0 Å². The minimum absolute atomic E-state index is 0.159. The Kier molecular flexibility index (Phi) is 6.44. The lowest BCUT2D eigenvalue weighted by Crippen LogP contribution is -2.41. The zero-order valence-electron chi connectivity index (χ0n) is 14.2. The van der Waals surface area contributed by atoms with Gasteiger partial charge in [-0.3, -0.25) is 4.90 Å². The molecular formula is C17H21F3N4OS. The molecule has 0 amide bonds. The molecule has 3 heterocycles. The molecule has 3 rings (SSSR count). The Morgan fingerprint density at radius 3 is 2.73 bits per heavy atom. The largest absolute Gasteiger partial charge is 0.477 e. The molecule has 0 aromatic carbocycles. The third kappa shape index (κ3) is 4.52. The van der Waals surface area contributed by atoms with Gasteiger partial charge in [0.05, 0.1) is 23.0 Å². The van der Waals surface area contributed by atoms with Crippen molar-refractivity contribution < 1.29 is 17.9 Å². The number of ether oxygens (including phenoxy) is 1. The van der Waals surface area contributed by atoms with E-state index in [9.17, 15) is 13.2 Å². The molecule has 2 N–H and O–H groups in total. The highest BCUT2D eigenvalue weighted by Crippen LogP contribution is 2.34. The van der Waals surface area contributed by atoms with Crippen LogP contribution in [-0.2, 0) is 0 Å².